The van der Waals surface area contributed by atoms with Gasteiger partial charge in [-0.1, -0.05) is 19.1 Å². The second kappa shape index (κ2) is 8.73. The molecule has 0 bridgehead atoms. The predicted molar refractivity (Wildman–Crippen MR) is 91.9 cm³/mol. The van der Waals surface area contributed by atoms with Gasteiger partial charge in [0.2, 0.25) is 0 Å². The van der Waals surface area contributed by atoms with Crippen LogP contribution in [0.5, 0.6) is 0 Å². The molecule has 1 atom stereocenters. The monoisotopic (exact) mass is 287 g/mol. The number of pyridine rings is 1. The molecule has 0 saturated heterocycles. The first-order valence-corrected chi connectivity index (χ1v) is 7.76. The first kappa shape index (κ1) is 17.6. The first-order chi connectivity index (χ1) is 10.0. The molecule has 0 radical (unpaired) electrons. The molecule has 0 amide bonds. The van der Waals surface area contributed by atoms with E-state index in [4.69, 9.17) is 0 Å². The second-order valence-corrected chi connectivity index (χ2v) is 5.57. The summed E-state index contributed by atoms with van der Waals surface area (Å²) in [5, 5.41) is 0. The van der Waals surface area contributed by atoms with E-state index in [0.29, 0.717) is 6.04 Å². The Morgan fingerprint density at radius 3 is 2.71 bits per heavy atom. The van der Waals surface area contributed by atoms with Crippen LogP contribution in [-0.2, 0) is 6.54 Å². The molecule has 1 heterocycles. The summed E-state index contributed by atoms with van der Waals surface area (Å²) >= 11 is 0. The van der Waals surface area contributed by atoms with Gasteiger partial charge in [-0.15, -0.1) is 0 Å². The Bertz CT molecular complexity index is 503. The van der Waals surface area contributed by atoms with Gasteiger partial charge in [-0.05, 0) is 51.3 Å². The average molecular weight is 287 g/mol. The maximum Gasteiger partial charge on any atom is 0.0573 e. The molecule has 116 valence electrons. The van der Waals surface area contributed by atoms with Crippen molar-refractivity contribution in [3.8, 4) is 0 Å². The summed E-state index contributed by atoms with van der Waals surface area (Å²) in [7, 11) is 1.88. The molecule has 0 spiro atoms. The normalized spacial score (nSPS) is 14.6. The molecule has 1 aromatic rings. The maximum atomic E-state index is 4.54. The summed E-state index contributed by atoms with van der Waals surface area (Å²) in [5.41, 5.74) is 4.82. The lowest BCUT2D eigenvalue weighted by Crippen LogP contribution is -2.37. The molecule has 0 aromatic carbocycles. The molecule has 0 N–H and O–H groups in total. The van der Waals surface area contributed by atoms with Gasteiger partial charge in [0.25, 0.3) is 0 Å². The molecule has 3 nitrogen and oxygen atoms in total. The lowest BCUT2D eigenvalue weighted by molar-refractivity contribution is 0.221. The van der Waals surface area contributed by atoms with E-state index in [9.17, 15) is 0 Å². The Balaban J connectivity index is 2.94. The van der Waals surface area contributed by atoms with E-state index >= 15 is 0 Å². The van der Waals surface area contributed by atoms with E-state index in [1.165, 1.54) is 11.1 Å². The fourth-order valence-electron chi connectivity index (χ4n) is 2.23. The minimum absolute atomic E-state index is 0.507. The fourth-order valence-corrected chi connectivity index (χ4v) is 2.23. The van der Waals surface area contributed by atoms with Gasteiger partial charge in [-0.2, -0.15) is 0 Å². The van der Waals surface area contributed by atoms with Gasteiger partial charge in [0.15, 0.2) is 0 Å². The van der Waals surface area contributed by atoms with Crippen molar-refractivity contribution in [2.75, 3.05) is 13.6 Å². The third kappa shape index (κ3) is 5.09. The van der Waals surface area contributed by atoms with E-state index in [2.05, 4.69) is 61.6 Å². The third-order valence-electron chi connectivity index (χ3n) is 4.20. The zero-order valence-corrected chi connectivity index (χ0v) is 14.3. The van der Waals surface area contributed by atoms with Crippen molar-refractivity contribution in [1.82, 2.24) is 9.88 Å². The Kier molecular flexibility index (Phi) is 7.30. The summed E-state index contributed by atoms with van der Waals surface area (Å²) in [4.78, 5) is 11.5. The van der Waals surface area contributed by atoms with Crippen molar-refractivity contribution in [2.45, 2.75) is 53.6 Å². The van der Waals surface area contributed by atoms with Crippen LogP contribution in [0.25, 0.3) is 0 Å². The van der Waals surface area contributed by atoms with Crippen molar-refractivity contribution in [3.63, 3.8) is 0 Å². The van der Waals surface area contributed by atoms with Crippen molar-refractivity contribution in [1.29, 1.82) is 0 Å². The topological polar surface area (TPSA) is 28.5 Å². The van der Waals surface area contributed by atoms with Crippen molar-refractivity contribution >= 4 is 5.71 Å². The smallest absolute Gasteiger partial charge is 0.0573 e. The molecule has 0 fully saturated rings. The van der Waals surface area contributed by atoms with Gasteiger partial charge < -0.3 is 0 Å². The van der Waals surface area contributed by atoms with Crippen LogP contribution in [0.1, 0.15) is 45.4 Å². The molecule has 0 saturated carbocycles. The van der Waals surface area contributed by atoms with Crippen LogP contribution >= 0.6 is 0 Å². The summed E-state index contributed by atoms with van der Waals surface area (Å²) in [6.45, 7) is 12.6. The average Bonchev–Trinajstić information content (AvgIpc) is 2.51. The van der Waals surface area contributed by atoms with Crippen molar-refractivity contribution in [3.05, 3.63) is 41.2 Å². The second-order valence-electron chi connectivity index (χ2n) is 5.57. The summed E-state index contributed by atoms with van der Waals surface area (Å²) in [6.07, 6.45) is 5.13. The summed E-state index contributed by atoms with van der Waals surface area (Å²) in [6, 6.07) is 4.63. The number of allylic oxidation sites excluding steroid dienone is 1. The maximum absolute atomic E-state index is 4.54. The highest BCUT2D eigenvalue weighted by molar-refractivity contribution is 6.01. The number of aromatic nitrogens is 1. The largest absolute Gasteiger partial charge is 0.291 e. The fraction of sp³-hybridized carbons (Fsp3) is 0.556. The number of aliphatic imine (C=N–C) groups is 1. The van der Waals surface area contributed by atoms with Crippen LogP contribution in [0, 0.1) is 6.92 Å². The zero-order valence-electron chi connectivity index (χ0n) is 14.3. The van der Waals surface area contributed by atoms with E-state index < -0.39 is 0 Å². The van der Waals surface area contributed by atoms with E-state index in [-0.39, 0.29) is 0 Å². The van der Waals surface area contributed by atoms with Gasteiger partial charge in [0.05, 0.1) is 11.4 Å². The Morgan fingerprint density at radius 2 is 2.19 bits per heavy atom. The Morgan fingerprint density at radius 1 is 1.48 bits per heavy atom. The van der Waals surface area contributed by atoms with Gasteiger partial charge in [0, 0.05) is 32.4 Å². The molecule has 21 heavy (non-hydrogen) atoms. The van der Waals surface area contributed by atoms with Gasteiger partial charge >= 0.3 is 0 Å². The molecule has 0 aliphatic carbocycles. The third-order valence-corrected chi connectivity index (χ3v) is 4.20. The molecule has 0 aliphatic rings. The number of nitrogens with zero attached hydrogens (tertiary/aromatic N) is 3. The number of rotatable bonds is 7. The van der Waals surface area contributed by atoms with E-state index in [0.717, 1.165) is 30.9 Å². The van der Waals surface area contributed by atoms with Crippen LogP contribution in [0.4, 0.5) is 0 Å². The Labute approximate surface area is 129 Å². The summed E-state index contributed by atoms with van der Waals surface area (Å²) < 4.78 is 0. The molecule has 3 heteroatoms. The highest BCUT2D eigenvalue weighted by Crippen LogP contribution is 2.13. The van der Waals surface area contributed by atoms with Crippen LogP contribution in [-0.4, -0.2) is 35.2 Å². The van der Waals surface area contributed by atoms with Crippen LogP contribution in [0.3, 0.4) is 0 Å². The molecule has 0 aliphatic heterocycles. The van der Waals surface area contributed by atoms with Crippen molar-refractivity contribution in [2.24, 2.45) is 4.99 Å². The minimum atomic E-state index is 0.507. The van der Waals surface area contributed by atoms with E-state index in [1.807, 2.05) is 19.3 Å². The standard InChI is InChI=1S/C18H29N3/c1-7-14(3)17(19-6)12-21(16(5)8-2)13-18-15(4)10-9-11-20-18/h7,9-11,16H,8,12-13H2,1-6H3/b14-7-,19-17?. The molecule has 1 aromatic heterocycles. The molecule has 1 rings (SSSR count). The predicted octanol–water partition coefficient (Wildman–Crippen LogP) is 4.03. The lowest BCUT2D eigenvalue weighted by Gasteiger charge is -2.29. The summed E-state index contributed by atoms with van der Waals surface area (Å²) in [5.74, 6) is 0. The van der Waals surface area contributed by atoms with Crippen LogP contribution in [0.2, 0.25) is 0 Å². The SMILES string of the molecule is C/C=C(/C)C(CN(Cc1ncccc1C)C(C)CC)=NC. The first-order valence-electron chi connectivity index (χ1n) is 7.76. The zero-order chi connectivity index (χ0) is 15.8. The minimum Gasteiger partial charge on any atom is -0.291 e. The molecular weight excluding hydrogens is 258 g/mol. The van der Waals surface area contributed by atoms with Crippen LogP contribution < -0.4 is 0 Å². The number of hydrogen-bond donors (Lipinski definition) is 0. The van der Waals surface area contributed by atoms with Crippen molar-refractivity contribution < 1.29 is 0 Å². The lowest BCUT2D eigenvalue weighted by atomic mass is 10.1. The molecular formula is C18H29N3. The highest BCUT2D eigenvalue weighted by Gasteiger charge is 2.17. The highest BCUT2D eigenvalue weighted by atomic mass is 15.2. The number of aryl methyl sites for hydroxylation is 1. The van der Waals surface area contributed by atoms with Gasteiger partial charge in [0.1, 0.15) is 0 Å². The van der Waals surface area contributed by atoms with E-state index in [1.54, 1.807) is 0 Å². The number of hydrogen-bond acceptors (Lipinski definition) is 3. The Hall–Kier alpha value is -1.48. The van der Waals surface area contributed by atoms with Gasteiger partial charge in [-0.25, -0.2) is 0 Å². The van der Waals surface area contributed by atoms with Gasteiger partial charge in [-0.3, -0.25) is 14.9 Å². The molecule has 1 unspecified atom stereocenters. The van der Waals surface area contributed by atoms with Crippen LogP contribution in [0.15, 0.2) is 35.0 Å². The quantitative estimate of drug-likeness (QED) is 0.708.